The van der Waals surface area contributed by atoms with Crippen molar-refractivity contribution in [3.05, 3.63) is 29.8 Å². The van der Waals surface area contributed by atoms with Crippen LogP contribution in [0.25, 0.3) is 5.78 Å². The summed E-state index contributed by atoms with van der Waals surface area (Å²) in [5.74, 6) is -5.81. The molecule has 3 saturated carbocycles. The Labute approximate surface area is 204 Å². The van der Waals surface area contributed by atoms with Crippen molar-refractivity contribution < 1.29 is 32.3 Å². The van der Waals surface area contributed by atoms with Crippen molar-refractivity contribution in [2.24, 2.45) is 17.8 Å². The standard InChI is InChI=1S/C24H29F4N5O3/c25-23(26)6-3-15(4-7-23)20(32-22(35)36)17-12-33-8-5-16(29-21(33)30-17)19(14-1-2-14)31-18(34)9-13-10-24(27,28)11-13/h5,8,12-15,19-20,32H,1-4,6-7,9-11H2,(H,31,34)(H,35,36)/t19-,20+/m1/s1. The summed E-state index contributed by atoms with van der Waals surface area (Å²) in [6.07, 6.45) is 3.20. The van der Waals surface area contributed by atoms with Gasteiger partial charge in [0.2, 0.25) is 23.5 Å². The number of fused-ring (bicyclic) bond motifs is 1. The van der Waals surface area contributed by atoms with E-state index in [2.05, 4.69) is 20.6 Å². The first kappa shape index (κ1) is 24.8. The molecule has 2 aromatic heterocycles. The normalized spacial score (nSPS) is 23.6. The highest BCUT2D eigenvalue weighted by Gasteiger charge is 2.46. The number of nitrogens with zero attached hydrogens (tertiary/aromatic N) is 3. The Hall–Kier alpha value is -2.92. The average molecular weight is 512 g/mol. The van der Waals surface area contributed by atoms with Crippen LogP contribution in [-0.4, -0.2) is 43.3 Å². The molecule has 12 heteroatoms. The number of amides is 2. The summed E-state index contributed by atoms with van der Waals surface area (Å²) in [5, 5.41) is 14.7. The van der Waals surface area contributed by atoms with Gasteiger partial charge in [0.1, 0.15) is 0 Å². The maximum Gasteiger partial charge on any atom is 0.405 e. The van der Waals surface area contributed by atoms with Crippen molar-refractivity contribution in [2.45, 2.75) is 81.7 Å². The SMILES string of the molecule is O=C(O)N[C@H](c1cn2ccc([C@H](NC(=O)CC3CC(F)(F)C3)C3CC3)nc2n1)C1CCC(F)(F)CC1. The second kappa shape index (κ2) is 9.19. The Morgan fingerprint density at radius 1 is 0.972 bits per heavy atom. The minimum Gasteiger partial charge on any atom is -0.465 e. The Kier molecular flexibility index (Phi) is 6.32. The summed E-state index contributed by atoms with van der Waals surface area (Å²) >= 11 is 0. The molecule has 0 spiro atoms. The molecule has 196 valence electrons. The van der Waals surface area contributed by atoms with Gasteiger partial charge in [-0.3, -0.25) is 9.20 Å². The van der Waals surface area contributed by atoms with Gasteiger partial charge in [-0.25, -0.2) is 32.3 Å². The molecule has 0 bridgehead atoms. The third kappa shape index (κ3) is 5.57. The second-order valence-electron chi connectivity index (χ2n) is 10.6. The van der Waals surface area contributed by atoms with Crippen LogP contribution in [0.1, 0.15) is 81.3 Å². The Bertz CT molecular complexity index is 1130. The van der Waals surface area contributed by atoms with E-state index in [0.717, 1.165) is 12.8 Å². The molecule has 0 saturated heterocycles. The van der Waals surface area contributed by atoms with Gasteiger partial charge in [-0.1, -0.05) is 0 Å². The lowest BCUT2D eigenvalue weighted by Gasteiger charge is -2.34. The quantitative estimate of drug-likeness (QED) is 0.439. The van der Waals surface area contributed by atoms with Gasteiger partial charge < -0.3 is 15.7 Å². The highest BCUT2D eigenvalue weighted by molar-refractivity contribution is 5.77. The van der Waals surface area contributed by atoms with Crippen LogP contribution in [0.15, 0.2) is 18.5 Å². The molecule has 3 aliphatic rings. The molecular formula is C24H29F4N5O3. The molecular weight excluding hydrogens is 482 g/mol. The number of carboxylic acid groups (broad SMARTS) is 1. The van der Waals surface area contributed by atoms with Crippen LogP contribution in [-0.2, 0) is 4.79 Å². The van der Waals surface area contributed by atoms with Crippen LogP contribution in [0, 0.1) is 17.8 Å². The second-order valence-corrected chi connectivity index (χ2v) is 10.6. The molecule has 36 heavy (non-hydrogen) atoms. The fourth-order valence-corrected chi connectivity index (χ4v) is 5.48. The third-order valence-electron chi connectivity index (χ3n) is 7.57. The number of halogens is 4. The monoisotopic (exact) mass is 511 g/mol. The van der Waals surface area contributed by atoms with Gasteiger partial charge in [-0.15, -0.1) is 0 Å². The van der Waals surface area contributed by atoms with Crippen LogP contribution >= 0.6 is 0 Å². The first-order valence-electron chi connectivity index (χ1n) is 12.4. The number of carbonyl (C=O) groups is 2. The summed E-state index contributed by atoms with van der Waals surface area (Å²) in [5.41, 5.74) is 0.990. The molecule has 3 fully saturated rings. The molecule has 3 N–H and O–H groups in total. The first-order valence-corrected chi connectivity index (χ1v) is 12.4. The molecule has 0 aliphatic heterocycles. The van der Waals surface area contributed by atoms with E-state index in [1.54, 1.807) is 22.9 Å². The van der Waals surface area contributed by atoms with Gasteiger partial charge in [-0.05, 0) is 49.5 Å². The summed E-state index contributed by atoms with van der Waals surface area (Å²) in [6.45, 7) is 0. The summed E-state index contributed by atoms with van der Waals surface area (Å²) in [7, 11) is 0. The number of alkyl halides is 4. The topological polar surface area (TPSA) is 109 Å². The number of imidazole rings is 1. The molecule has 2 amide bonds. The zero-order chi connectivity index (χ0) is 25.7. The minimum absolute atomic E-state index is 0.0531. The molecule has 8 nitrogen and oxygen atoms in total. The van der Waals surface area contributed by atoms with Gasteiger partial charge in [0.15, 0.2) is 0 Å². The van der Waals surface area contributed by atoms with Gasteiger partial charge in [-0.2, -0.15) is 0 Å². The zero-order valence-electron chi connectivity index (χ0n) is 19.6. The van der Waals surface area contributed by atoms with Crippen LogP contribution in [0.3, 0.4) is 0 Å². The van der Waals surface area contributed by atoms with Crippen LogP contribution in [0.2, 0.25) is 0 Å². The predicted molar refractivity (Wildman–Crippen MR) is 120 cm³/mol. The number of hydrogen-bond donors (Lipinski definition) is 3. The van der Waals surface area contributed by atoms with Gasteiger partial charge in [0.25, 0.3) is 0 Å². The molecule has 5 rings (SSSR count). The fourth-order valence-electron chi connectivity index (χ4n) is 5.48. The minimum atomic E-state index is -2.73. The van der Waals surface area contributed by atoms with Crippen LogP contribution in [0.5, 0.6) is 0 Å². The lowest BCUT2D eigenvalue weighted by molar-refractivity contribution is -0.134. The maximum absolute atomic E-state index is 13.7. The maximum atomic E-state index is 13.7. The van der Waals surface area contributed by atoms with Crippen LogP contribution < -0.4 is 10.6 Å². The number of aromatic nitrogens is 3. The largest absolute Gasteiger partial charge is 0.465 e. The van der Waals surface area contributed by atoms with Crippen molar-refractivity contribution in [3.8, 4) is 0 Å². The lowest BCUT2D eigenvalue weighted by atomic mass is 9.79. The highest BCUT2D eigenvalue weighted by Crippen LogP contribution is 2.45. The third-order valence-corrected chi connectivity index (χ3v) is 7.57. The van der Waals surface area contributed by atoms with E-state index in [9.17, 15) is 32.3 Å². The lowest BCUT2D eigenvalue weighted by Crippen LogP contribution is -2.39. The van der Waals surface area contributed by atoms with E-state index >= 15 is 0 Å². The fraction of sp³-hybridized carbons (Fsp3) is 0.667. The van der Waals surface area contributed by atoms with Gasteiger partial charge in [0, 0.05) is 44.5 Å². The molecule has 2 aromatic rings. The molecule has 0 unspecified atom stereocenters. The average Bonchev–Trinajstić information content (AvgIpc) is 3.52. The Balaban J connectivity index is 1.32. The number of nitrogens with one attached hydrogen (secondary N) is 2. The number of rotatable bonds is 8. The summed E-state index contributed by atoms with van der Waals surface area (Å²) in [6, 6.07) is 0.639. The zero-order valence-corrected chi connectivity index (χ0v) is 19.6. The van der Waals surface area contributed by atoms with Crippen molar-refractivity contribution in [3.63, 3.8) is 0 Å². The Morgan fingerprint density at radius 2 is 1.58 bits per heavy atom. The highest BCUT2D eigenvalue weighted by atomic mass is 19.3. The summed E-state index contributed by atoms with van der Waals surface area (Å²) in [4.78, 5) is 33.1. The number of carbonyl (C=O) groups excluding carboxylic acids is 1. The van der Waals surface area contributed by atoms with E-state index in [1.807, 2.05) is 0 Å². The smallest absolute Gasteiger partial charge is 0.405 e. The predicted octanol–water partition coefficient (Wildman–Crippen LogP) is 4.87. The molecule has 2 heterocycles. The van der Waals surface area contributed by atoms with Crippen molar-refractivity contribution in [2.75, 3.05) is 0 Å². The van der Waals surface area contributed by atoms with E-state index in [0.29, 0.717) is 17.2 Å². The number of hydrogen-bond acceptors (Lipinski definition) is 4. The first-order chi connectivity index (χ1) is 17.0. The van der Waals surface area contributed by atoms with E-state index in [1.165, 1.54) is 0 Å². The molecule has 2 atom stereocenters. The van der Waals surface area contributed by atoms with Crippen molar-refractivity contribution in [1.29, 1.82) is 0 Å². The molecule has 0 aromatic carbocycles. The van der Waals surface area contributed by atoms with E-state index < -0.39 is 24.0 Å². The van der Waals surface area contributed by atoms with Crippen LogP contribution in [0.4, 0.5) is 22.4 Å². The molecule has 0 radical (unpaired) electrons. The molecule has 3 aliphatic carbocycles. The van der Waals surface area contributed by atoms with E-state index in [4.69, 9.17) is 0 Å². The van der Waals surface area contributed by atoms with Gasteiger partial charge in [0.05, 0.1) is 23.5 Å². The Morgan fingerprint density at radius 3 is 2.19 bits per heavy atom. The van der Waals surface area contributed by atoms with E-state index in [-0.39, 0.29) is 74.6 Å². The summed E-state index contributed by atoms with van der Waals surface area (Å²) < 4.78 is 55.2. The van der Waals surface area contributed by atoms with Crippen molar-refractivity contribution >= 4 is 17.8 Å². The van der Waals surface area contributed by atoms with Crippen molar-refractivity contribution in [1.82, 2.24) is 25.0 Å². The van der Waals surface area contributed by atoms with Gasteiger partial charge >= 0.3 is 6.09 Å².